The standard InChI is InChI=1S/C18H23ClN4O6S/c1-9(25)20-14-16(27)15(26)12(7-24)29-17(14)23-18(30)22(2)13(21-23)8-28-11-6-4-3-5-10(11)19/h3-6,12,14-17,24,26-27H,7-8H2,1-2H3,(H,20,25)/t12-,14-,15-,16-,17-/m1/s1. The predicted molar refractivity (Wildman–Crippen MR) is 108 cm³/mol. The number of carbonyl (C=O) groups is 1. The predicted octanol–water partition coefficient (Wildman–Crippen LogP) is 0.300. The molecule has 2 heterocycles. The monoisotopic (exact) mass is 458 g/mol. The summed E-state index contributed by atoms with van der Waals surface area (Å²) in [5.41, 5.74) is 0. The molecule has 10 nitrogen and oxygen atoms in total. The number of amides is 1. The fraction of sp³-hybridized carbons (Fsp3) is 0.500. The van der Waals surface area contributed by atoms with Crippen molar-refractivity contribution >= 4 is 29.7 Å². The molecule has 1 aliphatic rings. The van der Waals surface area contributed by atoms with Crippen molar-refractivity contribution < 1.29 is 29.6 Å². The molecule has 1 aromatic heterocycles. The number of benzene rings is 1. The number of hydrogen-bond acceptors (Lipinski definition) is 8. The van der Waals surface area contributed by atoms with E-state index < -0.39 is 43.1 Å². The fourth-order valence-corrected chi connectivity index (χ4v) is 3.63. The molecule has 1 amide bonds. The van der Waals surface area contributed by atoms with Crippen molar-refractivity contribution in [2.75, 3.05) is 6.61 Å². The molecular formula is C18H23ClN4O6S. The third-order valence-corrected chi connectivity index (χ3v) is 5.57. The van der Waals surface area contributed by atoms with Crippen molar-refractivity contribution in [2.45, 2.75) is 44.1 Å². The molecule has 0 aliphatic carbocycles. The second kappa shape index (κ2) is 9.41. The van der Waals surface area contributed by atoms with Crippen molar-refractivity contribution in [3.8, 4) is 5.75 Å². The van der Waals surface area contributed by atoms with E-state index in [0.717, 1.165) is 0 Å². The van der Waals surface area contributed by atoms with Gasteiger partial charge in [-0.05, 0) is 24.4 Å². The second-order valence-electron chi connectivity index (χ2n) is 6.88. The van der Waals surface area contributed by atoms with Gasteiger partial charge in [0.05, 0.1) is 11.6 Å². The first-order valence-corrected chi connectivity index (χ1v) is 9.94. The summed E-state index contributed by atoms with van der Waals surface area (Å²) in [7, 11) is 1.68. The average molecular weight is 459 g/mol. The van der Waals surface area contributed by atoms with Gasteiger partial charge in [0.2, 0.25) is 5.91 Å². The zero-order valence-corrected chi connectivity index (χ0v) is 17.9. The summed E-state index contributed by atoms with van der Waals surface area (Å²) in [5.74, 6) is 0.474. The van der Waals surface area contributed by atoms with Gasteiger partial charge in [-0.3, -0.25) is 4.79 Å². The molecule has 12 heteroatoms. The van der Waals surface area contributed by atoms with Crippen LogP contribution in [-0.4, -0.2) is 66.5 Å². The van der Waals surface area contributed by atoms with Crippen LogP contribution in [0.25, 0.3) is 0 Å². The van der Waals surface area contributed by atoms with E-state index in [2.05, 4.69) is 10.4 Å². The lowest BCUT2D eigenvalue weighted by Gasteiger charge is -2.42. The Labute approximate surface area is 182 Å². The van der Waals surface area contributed by atoms with Crippen LogP contribution in [0.15, 0.2) is 24.3 Å². The Balaban J connectivity index is 1.91. The molecule has 0 unspecified atom stereocenters. The summed E-state index contributed by atoms with van der Waals surface area (Å²) < 4.78 is 14.6. The highest BCUT2D eigenvalue weighted by atomic mass is 35.5. The smallest absolute Gasteiger partial charge is 0.217 e. The van der Waals surface area contributed by atoms with Crippen molar-refractivity contribution in [3.63, 3.8) is 0 Å². The summed E-state index contributed by atoms with van der Waals surface area (Å²) in [6.45, 7) is 0.780. The molecule has 2 aromatic rings. The molecule has 0 spiro atoms. The zero-order chi connectivity index (χ0) is 22.0. The number of nitrogens with zero attached hydrogens (tertiary/aromatic N) is 3. The van der Waals surface area contributed by atoms with Crippen LogP contribution in [0, 0.1) is 4.77 Å². The van der Waals surface area contributed by atoms with Crippen LogP contribution in [0.2, 0.25) is 5.02 Å². The molecule has 0 saturated carbocycles. The Morgan fingerprint density at radius 1 is 1.37 bits per heavy atom. The molecule has 1 aromatic carbocycles. The number of para-hydroxylation sites is 1. The van der Waals surface area contributed by atoms with Gasteiger partial charge in [0.1, 0.15) is 36.7 Å². The number of carbonyl (C=O) groups excluding carboxylic acids is 1. The van der Waals surface area contributed by atoms with E-state index >= 15 is 0 Å². The maximum atomic E-state index is 11.6. The summed E-state index contributed by atoms with van der Waals surface area (Å²) in [6, 6.07) is 5.94. The lowest BCUT2D eigenvalue weighted by atomic mass is 9.96. The highest BCUT2D eigenvalue weighted by molar-refractivity contribution is 7.71. The maximum absolute atomic E-state index is 11.6. The van der Waals surface area contributed by atoms with E-state index in [4.69, 9.17) is 33.3 Å². The normalized spacial score (nSPS) is 26.4. The van der Waals surface area contributed by atoms with Crippen LogP contribution in [0.5, 0.6) is 5.75 Å². The Hall–Kier alpha value is -2.02. The Morgan fingerprint density at radius 2 is 2.07 bits per heavy atom. The van der Waals surface area contributed by atoms with E-state index in [1.54, 1.807) is 35.9 Å². The Bertz CT molecular complexity index is 966. The van der Waals surface area contributed by atoms with Gasteiger partial charge in [-0.15, -0.1) is 0 Å². The second-order valence-corrected chi connectivity index (χ2v) is 7.65. The third-order valence-electron chi connectivity index (χ3n) is 4.80. The minimum absolute atomic E-state index is 0.0446. The van der Waals surface area contributed by atoms with Crippen molar-refractivity contribution in [1.29, 1.82) is 0 Å². The lowest BCUT2D eigenvalue weighted by molar-refractivity contribution is -0.219. The Morgan fingerprint density at radius 3 is 2.70 bits per heavy atom. The molecule has 30 heavy (non-hydrogen) atoms. The largest absolute Gasteiger partial charge is 0.484 e. The first-order chi connectivity index (χ1) is 14.2. The number of hydrogen-bond donors (Lipinski definition) is 4. The minimum atomic E-state index is -1.41. The minimum Gasteiger partial charge on any atom is -0.484 e. The number of halogens is 1. The van der Waals surface area contributed by atoms with E-state index in [1.807, 2.05) is 0 Å². The molecule has 0 bridgehead atoms. The zero-order valence-electron chi connectivity index (χ0n) is 16.3. The molecule has 5 atom stereocenters. The third kappa shape index (κ3) is 4.51. The van der Waals surface area contributed by atoms with Gasteiger partial charge in [-0.25, -0.2) is 4.68 Å². The van der Waals surface area contributed by atoms with Crippen LogP contribution >= 0.6 is 23.8 Å². The van der Waals surface area contributed by atoms with Crippen molar-refractivity contribution in [2.24, 2.45) is 7.05 Å². The molecule has 1 saturated heterocycles. The van der Waals surface area contributed by atoms with Gasteiger partial charge in [0.15, 0.2) is 16.8 Å². The van der Waals surface area contributed by atoms with Gasteiger partial charge < -0.3 is 34.7 Å². The summed E-state index contributed by atoms with van der Waals surface area (Å²) in [5, 5.41) is 37.6. The summed E-state index contributed by atoms with van der Waals surface area (Å²) in [6.07, 6.45) is -4.94. The van der Waals surface area contributed by atoms with Crippen LogP contribution in [0.1, 0.15) is 19.0 Å². The van der Waals surface area contributed by atoms with Gasteiger partial charge in [-0.2, -0.15) is 5.10 Å². The van der Waals surface area contributed by atoms with E-state index in [0.29, 0.717) is 16.6 Å². The van der Waals surface area contributed by atoms with Crippen molar-refractivity contribution in [1.82, 2.24) is 19.7 Å². The van der Waals surface area contributed by atoms with E-state index in [-0.39, 0.29) is 11.4 Å². The fourth-order valence-electron chi connectivity index (χ4n) is 3.19. The van der Waals surface area contributed by atoms with E-state index in [1.165, 1.54) is 11.6 Å². The molecule has 4 N–H and O–H groups in total. The molecule has 1 fully saturated rings. The topological polar surface area (TPSA) is 131 Å². The number of nitrogens with one attached hydrogen (secondary N) is 1. The molecule has 1 aliphatic heterocycles. The number of aliphatic hydroxyl groups is 3. The van der Waals surface area contributed by atoms with Crippen molar-refractivity contribution in [3.05, 3.63) is 39.9 Å². The molecule has 0 radical (unpaired) electrons. The number of rotatable bonds is 6. The maximum Gasteiger partial charge on any atom is 0.217 e. The van der Waals surface area contributed by atoms with E-state index in [9.17, 15) is 20.1 Å². The van der Waals surface area contributed by atoms with Crippen LogP contribution in [0.3, 0.4) is 0 Å². The number of aliphatic hydroxyl groups excluding tert-OH is 3. The summed E-state index contributed by atoms with van der Waals surface area (Å²) >= 11 is 11.5. The van der Waals surface area contributed by atoms with Gasteiger partial charge in [-0.1, -0.05) is 23.7 Å². The molecular weight excluding hydrogens is 436 g/mol. The van der Waals surface area contributed by atoms with Crippen LogP contribution in [-0.2, 0) is 23.2 Å². The van der Waals surface area contributed by atoms with Gasteiger partial charge >= 0.3 is 0 Å². The van der Waals surface area contributed by atoms with Crippen LogP contribution in [0.4, 0.5) is 0 Å². The number of ether oxygens (including phenoxy) is 2. The number of aromatic nitrogens is 3. The molecule has 3 rings (SSSR count). The van der Waals surface area contributed by atoms with Gasteiger partial charge in [0.25, 0.3) is 0 Å². The highest BCUT2D eigenvalue weighted by Crippen LogP contribution is 2.29. The summed E-state index contributed by atoms with van der Waals surface area (Å²) in [4.78, 5) is 11.6. The molecule has 164 valence electrons. The lowest BCUT2D eigenvalue weighted by Crippen LogP contribution is -2.62. The van der Waals surface area contributed by atoms with Gasteiger partial charge in [0, 0.05) is 14.0 Å². The average Bonchev–Trinajstić information content (AvgIpc) is 2.99. The SMILES string of the molecule is CC(=O)N[C@@H]1[C@@H](O)[C@H](O)[C@@H](CO)O[C@H]1n1nc(COc2ccccc2Cl)n(C)c1=S. The first kappa shape index (κ1) is 22.7. The van der Waals surface area contributed by atoms with Crippen LogP contribution < -0.4 is 10.1 Å². The highest BCUT2D eigenvalue weighted by Gasteiger charge is 2.46. The first-order valence-electron chi connectivity index (χ1n) is 9.16. The quantitative estimate of drug-likeness (QED) is 0.454. The Kier molecular flexibility index (Phi) is 7.11.